The number of hydrogen-bond donors (Lipinski definition) is 1. The first-order chi connectivity index (χ1) is 7.27. The van der Waals surface area contributed by atoms with E-state index < -0.39 is 0 Å². The number of nitrogens with one attached hydrogen (secondary N) is 1. The Kier molecular flexibility index (Phi) is 3.77. The minimum Gasteiger partial charge on any atom is -0.369 e. The monoisotopic (exact) mass is 317 g/mol. The normalized spacial score (nSPS) is 25.5. The molecule has 0 aliphatic heterocycles. The van der Waals surface area contributed by atoms with Crippen molar-refractivity contribution in [3.05, 3.63) is 16.1 Å². The third-order valence-corrected chi connectivity index (χ3v) is 4.03. The van der Waals surface area contributed by atoms with Crippen LogP contribution in [0, 0.1) is 15.4 Å². The lowest BCUT2D eigenvalue weighted by Gasteiger charge is -2.16. The molecule has 0 saturated heterocycles. The summed E-state index contributed by atoms with van der Waals surface area (Å²) in [7, 11) is 0. The van der Waals surface area contributed by atoms with E-state index in [1.54, 1.807) is 6.33 Å². The van der Waals surface area contributed by atoms with Gasteiger partial charge in [0.1, 0.15) is 12.1 Å². The second kappa shape index (κ2) is 5.09. The summed E-state index contributed by atoms with van der Waals surface area (Å²) in [4.78, 5) is 8.22. The van der Waals surface area contributed by atoms with Crippen molar-refractivity contribution >= 4 is 28.4 Å². The zero-order valence-corrected chi connectivity index (χ0v) is 11.1. The van der Waals surface area contributed by atoms with E-state index in [2.05, 4.69) is 44.8 Å². The molecule has 2 rings (SSSR count). The van der Waals surface area contributed by atoms with Gasteiger partial charge in [-0.05, 0) is 40.8 Å². The molecule has 3 nitrogen and oxygen atoms in total. The van der Waals surface area contributed by atoms with Crippen molar-refractivity contribution in [2.24, 2.45) is 11.8 Å². The van der Waals surface area contributed by atoms with E-state index in [-0.39, 0.29) is 0 Å². The van der Waals surface area contributed by atoms with Gasteiger partial charge in [-0.25, -0.2) is 9.97 Å². The molecule has 82 valence electrons. The van der Waals surface area contributed by atoms with Crippen molar-refractivity contribution in [3.63, 3.8) is 0 Å². The van der Waals surface area contributed by atoms with Crippen molar-refractivity contribution in [2.45, 2.75) is 26.2 Å². The smallest absolute Gasteiger partial charge is 0.142 e. The second-order valence-electron chi connectivity index (χ2n) is 4.27. The van der Waals surface area contributed by atoms with E-state index in [1.165, 1.54) is 19.3 Å². The summed E-state index contributed by atoms with van der Waals surface area (Å²) in [6.07, 6.45) is 7.56. The Hall–Kier alpha value is -0.390. The lowest BCUT2D eigenvalue weighted by Crippen LogP contribution is -2.17. The highest BCUT2D eigenvalue weighted by Gasteiger charge is 2.23. The maximum atomic E-state index is 4.23. The molecule has 2 unspecified atom stereocenters. The standard InChI is InChI=1S/C11H16IN3/c1-8-3-2-4-9(8)5-14-11-10(12)6-13-7-15-11/h6-9H,2-5H2,1H3,(H,13,14,15). The van der Waals surface area contributed by atoms with Crippen LogP contribution in [0.5, 0.6) is 0 Å². The first-order valence-corrected chi connectivity index (χ1v) is 6.54. The maximum absolute atomic E-state index is 4.23. The Morgan fingerprint density at radius 2 is 2.40 bits per heavy atom. The molecule has 0 amide bonds. The van der Waals surface area contributed by atoms with Crippen LogP contribution in [0.25, 0.3) is 0 Å². The highest BCUT2D eigenvalue weighted by Crippen LogP contribution is 2.31. The molecule has 1 fully saturated rings. The molecular weight excluding hydrogens is 301 g/mol. The largest absolute Gasteiger partial charge is 0.369 e. The van der Waals surface area contributed by atoms with Crippen molar-refractivity contribution in [1.82, 2.24) is 9.97 Å². The summed E-state index contributed by atoms with van der Waals surface area (Å²) in [5.41, 5.74) is 0. The third-order valence-electron chi connectivity index (χ3n) is 3.24. The van der Waals surface area contributed by atoms with Gasteiger partial charge in [0.25, 0.3) is 0 Å². The molecule has 4 heteroatoms. The van der Waals surface area contributed by atoms with Gasteiger partial charge in [-0.15, -0.1) is 0 Å². The van der Waals surface area contributed by atoms with Gasteiger partial charge < -0.3 is 5.32 Å². The average Bonchev–Trinajstić information content (AvgIpc) is 2.63. The summed E-state index contributed by atoms with van der Waals surface area (Å²) >= 11 is 2.26. The molecular formula is C11H16IN3. The van der Waals surface area contributed by atoms with Gasteiger partial charge >= 0.3 is 0 Å². The molecule has 1 N–H and O–H groups in total. The van der Waals surface area contributed by atoms with E-state index in [0.29, 0.717) is 0 Å². The zero-order valence-electron chi connectivity index (χ0n) is 8.91. The molecule has 1 aromatic rings. The molecule has 1 aromatic heterocycles. The summed E-state index contributed by atoms with van der Waals surface area (Å²) in [5.74, 6) is 2.65. The van der Waals surface area contributed by atoms with Crippen LogP contribution in [0.4, 0.5) is 5.82 Å². The number of rotatable bonds is 3. The summed E-state index contributed by atoms with van der Waals surface area (Å²) in [6.45, 7) is 3.40. The Labute approximate surface area is 104 Å². The van der Waals surface area contributed by atoms with E-state index >= 15 is 0 Å². The van der Waals surface area contributed by atoms with Gasteiger partial charge in [0, 0.05) is 12.7 Å². The molecule has 0 spiro atoms. The minimum absolute atomic E-state index is 0.816. The molecule has 1 aliphatic rings. The molecule has 1 aliphatic carbocycles. The van der Waals surface area contributed by atoms with Crippen LogP contribution in [0.3, 0.4) is 0 Å². The molecule has 15 heavy (non-hydrogen) atoms. The highest BCUT2D eigenvalue weighted by atomic mass is 127. The summed E-state index contributed by atoms with van der Waals surface area (Å²) in [6, 6.07) is 0. The van der Waals surface area contributed by atoms with Crippen LogP contribution in [0.1, 0.15) is 26.2 Å². The van der Waals surface area contributed by atoms with Crippen LogP contribution < -0.4 is 5.32 Å². The van der Waals surface area contributed by atoms with Gasteiger partial charge in [-0.1, -0.05) is 19.8 Å². The Morgan fingerprint density at radius 1 is 1.53 bits per heavy atom. The third kappa shape index (κ3) is 2.80. The van der Waals surface area contributed by atoms with E-state index in [9.17, 15) is 0 Å². The van der Waals surface area contributed by atoms with Crippen LogP contribution in [0.15, 0.2) is 12.5 Å². The maximum Gasteiger partial charge on any atom is 0.142 e. The van der Waals surface area contributed by atoms with Gasteiger partial charge in [0.15, 0.2) is 0 Å². The average molecular weight is 317 g/mol. The number of nitrogens with zero attached hydrogens (tertiary/aromatic N) is 2. The lowest BCUT2D eigenvalue weighted by molar-refractivity contribution is 0.439. The quantitative estimate of drug-likeness (QED) is 0.871. The van der Waals surface area contributed by atoms with E-state index in [4.69, 9.17) is 0 Å². The molecule has 1 saturated carbocycles. The van der Waals surface area contributed by atoms with Gasteiger partial charge in [0.05, 0.1) is 3.57 Å². The van der Waals surface area contributed by atoms with Crippen LogP contribution in [-0.4, -0.2) is 16.5 Å². The van der Waals surface area contributed by atoms with Crippen molar-refractivity contribution in [3.8, 4) is 0 Å². The predicted molar refractivity (Wildman–Crippen MR) is 69.7 cm³/mol. The van der Waals surface area contributed by atoms with Crippen LogP contribution in [0.2, 0.25) is 0 Å². The first-order valence-electron chi connectivity index (χ1n) is 5.46. The SMILES string of the molecule is CC1CCCC1CNc1ncncc1I. The summed E-state index contributed by atoms with van der Waals surface area (Å²) < 4.78 is 1.10. The Balaban J connectivity index is 1.90. The second-order valence-corrected chi connectivity index (χ2v) is 5.43. The predicted octanol–water partition coefficient (Wildman–Crippen LogP) is 2.93. The van der Waals surface area contributed by atoms with Gasteiger partial charge in [-0.2, -0.15) is 0 Å². The van der Waals surface area contributed by atoms with Crippen molar-refractivity contribution in [1.29, 1.82) is 0 Å². The Bertz CT molecular complexity index is 329. The molecule has 0 radical (unpaired) electrons. The molecule has 2 atom stereocenters. The van der Waals surface area contributed by atoms with E-state index in [1.807, 2.05) is 6.20 Å². The molecule has 1 heterocycles. The zero-order chi connectivity index (χ0) is 10.7. The van der Waals surface area contributed by atoms with Gasteiger partial charge in [0.2, 0.25) is 0 Å². The fourth-order valence-electron chi connectivity index (χ4n) is 2.20. The van der Waals surface area contributed by atoms with Crippen molar-refractivity contribution < 1.29 is 0 Å². The van der Waals surface area contributed by atoms with Gasteiger partial charge in [-0.3, -0.25) is 0 Å². The lowest BCUT2D eigenvalue weighted by atomic mass is 9.98. The van der Waals surface area contributed by atoms with Crippen LogP contribution in [-0.2, 0) is 0 Å². The first kappa shape index (κ1) is 11.1. The van der Waals surface area contributed by atoms with Crippen molar-refractivity contribution in [2.75, 3.05) is 11.9 Å². The fourth-order valence-corrected chi connectivity index (χ4v) is 2.69. The van der Waals surface area contributed by atoms with E-state index in [0.717, 1.165) is 27.8 Å². The molecule has 0 aromatic carbocycles. The Morgan fingerprint density at radius 3 is 3.07 bits per heavy atom. The number of aromatic nitrogens is 2. The highest BCUT2D eigenvalue weighted by molar-refractivity contribution is 14.1. The topological polar surface area (TPSA) is 37.8 Å². The summed E-state index contributed by atoms with van der Waals surface area (Å²) in [5, 5.41) is 3.43. The number of hydrogen-bond acceptors (Lipinski definition) is 3. The molecule has 0 bridgehead atoms. The number of anilines is 1. The van der Waals surface area contributed by atoms with Crippen LogP contribution >= 0.6 is 22.6 Å². The minimum atomic E-state index is 0.816. The number of halogens is 1. The fraction of sp³-hybridized carbons (Fsp3) is 0.636.